The standard InChI is InChI=1S/C17H23NO4/c1-3-17(15(20)21,13-8-5-4-6-9-13)12-18-14(19)16(2)10-7-11-22-16/h4-6,8-9H,3,7,10-12H2,1-2H3,(H,18,19)(H,20,21). The summed E-state index contributed by atoms with van der Waals surface area (Å²) in [6.07, 6.45) is 1.90. The number of aliphatic carboxylic acids is 1. The van der Waals surface area contributed by atoms with Crippen molar-refractivity contribution in [1.29, 1.82) is 0 Å². The Bertz CT molecular complexity index is 537. The first-order valence-electron chi connectivity index (χ1n) is 7.66. The summed E-state index contributed by atoms with van der Waals surface area (Å²) in [5, 5.41) is 12.5. The molecular formula is C17H23NO4. The lowest BCUT2D eigenvalue weighted by Crippen LogP contribution is -2.51. The van der Waals surface area contributed by atoms with Gasteiger partial charge in [-0.1, -0.05) is 37.3 Å². The van der Waals surface area contributed by atoms with Crippen LogP contribution in [0, 0.1) is 0 Å². The maximum Gasteiger partial charge on any atom is 0.315 e. The van der Waals surface area contributed by atoms with Crippen molar-refractivity contribution in [2.45, 2.75) is 44.1 Å². The van der Waals surface area contributed by atoms with Gasteiger partial charge in [-0.25, -0.2) is 0 Å². The van der Waals surface area contributed by atoms with Gasteiger partial charge in [0.15, 0.2) is 0 Å². The number of amides is 1. The Hall–Kier alpha value is -1.88. The number of nitrogens with one attached hydrogen (secondary N) is 1. The van der Waals surface area contributed by atoms with Crippen molar-refractivity contribution in [3.8, 4) is 0 Å². The molecule has 0 radical (unpaired) electrons. The van der Waals surface area contributed by atoms with Crippen molar-refractivity contribution >= 4 is 11.9 Å². The van der Waals surface area contributed by atoms with Gasteiger partial charge in [0.1, 0.15) is 11.0 Å². The maximum absolute atomic E-state index is 12.4. The second-order valence-corrected chi connectivity index (χ2v) is 5.97. The number of carbonyl (C=O) groups excluding carboxylic acids is 1. The van der Waals surface area contributed by atoms with Gasteiger partial charge in [-0.15, -0.1) is 0 Å². The van der Waals surface area contributed by atoms with Crippen molar-refractivity contribution in [3.63, 3.8) is 0 Å². The predicted molar refractivity (Wildman–Crippen MR) is 82.6 cm³/mol. The Morgan fingerprint density at radius 1 is 1.36 bits per heavy atom. The van der Waals surface area contributed by atoms with Crippen molar-refractivity contribution < 1.29 is 19.4 Å². The Balaban J connectivity index is 2.18. The molecule has 2 atom stereocenters. The fraction of sp³-hybridized carbons (Fsp3) is 0.529. The minimum atomic E-state index is -1.12. The molecule has 0 saturated carbocycles. The van der Waals surface area contributed by atoms with Crippen molar-refractivity contribution in [2.75, 3.05) is 13.2 Å². The molecule has 1 aromatic rings. The zero-order chi connectivity index (χ0) is 16.2. The first-order chi connectivity index (χ1) is 10.4. The van der Waals surface area contributed by atoms with Crippen LogP contribution in [0.15, 0.2) is 30.3 Å². The molecule has 1 aromatic carbocycles. The van der Waals surface area contributed by atoms with Gasteiger partial charge in [0.05, 0.1) is 0 Å². The van der Waals surface area contributed by atoms with E-state index in [9.17, 15) is 14.7 Å². The van der Waals surface area contributed by atoms with Crippen LogP contribution in [0.4, 0.5) is 0 Å². The van der Waals surface area contributed by atoms with Crippen molar-refractivity contribution in [3.05, 3.63) is 35.9 Å². The molecule has 0 bridgehead atoms. The van der Waals surface area contributed by atoms with E-state index in [0.717, 1.165) is 6.42 Å². The molecule has 5 nitrogen and oxygen atoms in total. The van der Waals surface area contributed by atoms with Crippen LogP contribution in [0.3, 0.4) is 0 Å². The van der Waals surface area contributed by atoms with E-state index in [1.54, 1.807) is 19.1 Å². The van der Waals surface area contributed by atoms with Crippen LogP contribution in [0.1, 0.15) is 38.7 Å². The lowest BCUT2D eigenvalue weighted by molar-refractivity contribution is -0.145. The zero-order valence-corrected chi connectivity index (χ0v) is 13.1. The molecule has 22 heavy (non-hydrogen) atoms. The van der Waals surface area contributed by atoms with Gasteiger partial charge >= 0.3 is 5.97 Å². The molecule has 1 aliphatic heterocycles. The Morgan fingerprint density at radius 2 is 2.05 bits per heavy atom. The molecule has 2 rings (SSSR count). The monoisotopic (exact) mass is 305 g/mol. The summed E-state index contributed by atoms with van der Waals surface area (Å²) in [7, 11) is 0. The Morgan fingerprint density at radius 3 is 2.55 bits per heavy atom. The molecular weight excluding hydrogens is 282 g/mol. The van der Waals surface area contributed by atoms with E-state index in [1.165, 1.54) is 0 Å². The van der Waals surface area contributed by atoms with E-state index in [1.807, 2.05) is 25.1 Å². The predicted octanol–water partition coefficient (Wildman–Crippen LogP) is 2.10. The van der Waals surface area contributed by atoms with Gasteiger partial charge in [0, 0.05) is 13.2 Å². The largest absolute Gasteiger partial charge is 0.481 e. The van der Waals surface area contributed by atoms with E-state index in [4.69, 9.17) is 4.74 Å². The number of hydrogen-bond donors (Lipinski definition) is 2. The minimum absolute atomic E-state index is 0.0562. The van der Waals surface area contributed by atoms with Gasteiger partial charge < -0.3 is 15.2 Å². The number of benzene rings is 1. The molecule has 1 aliphatic rings. The van der Waals surface area contributed by atoms with E-state index in [-0.39, 0.29) is 12.5 Å². The molecule has 1 heterocycles. The average Bonchev–Trinajstić information content (AvgIpc) is 2.97. The van der Waals surface area contributed by atoms with Crippen LogP contribution in [0.25, 0.3) is 0 Å². The summed E-state index contributed by atoms with van der Waals surface area (Å²) in [5.74, 6) is -1.17. The topological polar surface area (TPSA) is 75.6 Å². The van der Waals surface area contributed by atoms with E-state index in [2.05, 4.69) is 5.32 Å². The van der Waals surface area contributed by atoms with E-state index < -0.39 is 17.0 Å². The van der Waals surface area contributed by atoms with Gasteiger partial charge in [-0.3, -0.25) is 9.59 Å². The first kappa shape index (κ1) is 16.5. The highest BCUT2D eigenvalue weighted by molar-refractivity contribution is 5.87. The number of rotatable bonds is 6. The van der Waals surface area contributed by atoms with E-state index >= 15 is 0 Å². The molecule has 0 aromatic heterocycles. The number of hydrogen-bond acceptors (Lipinski definition) is 3. The summed E-state index contributed by atoms with van der Waals surface area (Å²) in [4.78, 5) is 24.2. The SMILES string of the molecule is CCC(CNC(=O)C1(C)CCCO1)(C(=O)O)c1ccccc1. The maximum atomic E-state index is 12.4. The summed E-state index contributed by atoms with van der Waals surface area (Å²) in [6.45, 7) is 4.20. The molecule has 0 spiro atoms. The summed E-state index contributed by atoms with van der Waals surface area (Å²) >= 11 is 0. The fourth-order valence-electron chi connectivity index (χ4n) is 2.92. The Labute approximate surface area is 130 Å². The third-order valence-corrected chi connectivity index (χ3v) is 4.59. The smallest absolute Gasteiger partial charge is 0.315 e. The van der Waals surface area contributed by atoms with Crippen molar-refractivity contribution in [1.82, 2.24) is 5.32 Å². The van der Waals surface area contributed by atoms with Crippen LogP contribution in [0.5, 0.6) is 0 Å². The third-order valence-electron chi connectivity index (χ3n) is 4.59. The highest BCUT2D eigenvalue weighted by Gasteiger charge is 2.42. The molecule has 120 valence electrons. The molecule has 2 N–H and O–H groups in total. The lowest BCUT2D eigenvalue weighted by atomic mass is 9.78. The van der Waals surface area contributed by atoms with Gasteiger partial charge in [-0.05, 0) is 31.7 Å². The molecule has 1 saturated heterocycles. The van der Waals surface area contributed by atoms with E-state index in [0.29, 0.717) is 25.0 Å². The molecule has 2 unspecified atom stereocenters. The van der Waals surface area contributed by atoms with Gasteiger partial charge in [0.25, 0.3) is 5.91 Å². The second kappa shape index (κ2) is 6.48. The number of carboxylic acid groups (broad SMARTS) is 1. The Kier molecular flexibility index (Phi) is 4.86. The summed E-state index contributed by atoms with van der Waals surface area (Å²) in [5.41, 5.74) is -1.26. The third kappa shape index (κ3) is 2.99. The highest BCUT2D eigenvalue weighted by Crippen LogP contribution is 2.29. The van der Waals surface area contributed by atoms with Gasteiger partial charge in [0.2, 0.25) is 0 Å². The highest BCUT2D eigenvalue weighted by atomic mass is 16.5. The fourth-order valence-corrected chi connectivity index (χ4v) is 2.92. The second-order valence-electron chi connectivity index (χ2n) is 5.97. The molecule has 1 amide bonds. The van der Waals surface area contributed by atoms with Gasteiger partial charge in [-0.2, -0.15) is 0 Å². The molecule has 5 heteroatoms. The zero-order valence-electron chi connectivity index (χ0n) is 13.1. The average molecular weight is 305 g/mol. The van der Waals surface area contributed by atoms with Crippen LogP contribution in [-0.2, 0) is 19.7 Å². The summed E-state index contributed by atoms with van der Waals surface area (Å²) < 4.78 is 5.51. The number of carbonyl (C=O) groups is 2. The minimum Gasteiger partial charge on any atom is -0.481 e. The quantitative estimate of drug-likeness (QED) is 0.844. The van der Waals surface area contributed by atoms with Crippen LogP contribution in [-0.4, -0.2) is 35.7 Å². The normalized spacial score (nSPS) is 23.7. The molecule has 1 fully saturated rings. The van der Waals surface area contributed by atoms with Crippen LogP contribution < -0.4 is 5.32 Å². The number of carboxylic acids is 1. The molecule has 0 aliphatic carbocycles. The summed E-state index contributed by atoms with van der Waals surface area (Å²) in [6, 6.07) is 9.05. The number of ether oxygens (including phenoxy) is 1. The van der Waals surface area contributed by atoms with Crippen LogP contribution >= 0.6 is 0 Å². The van der Waals surface area contributed by atoms with Crippen LogP contribution in [0.2, 0.25) is 0 Å². The first-order valence-corrected chi connectivity index (χ1v) is 7.66. The lowest BCUT2D eigenvalue weighted by Gasteiger charge is -2.31. The van der Waals surface area contributed by atoms with Crippen molar-refractivity contribution in [2.24, 2.45) is 0 Å².